The largest absolute Gasteiger partial charge is 0.491 e. The molecule has 0 bridgehead atoms. The van der Waals surface area contributed by atoms with Crippen LogP contribution < -0.4 is 10.6 Å². The number of para-hydroxylation sites is 1. The van der Waals surface area contributed by atoms with Crippen LogP contribution in [0.4, 0.5) is 0 Å². The summed E-state index contributed by atoms with van der Waals surface area (Å²) in [6.07, 6.45) is 0.163. The number of benzene rings is 1. The quantitative estimate of drug-likeness (QED) is 0.780. The van der Waals surface area contributed by atoms with Crippen molar-refractivity contribution in [2.24, 2.45) is 5.90 Å². The second-order valence-electron chi connectivity index (χ2n) is 4.86. The minimum Gasteiger partial charge on any atom is -0.491 e. The molecule has 0 unspecified atom stereocenters. The van der Waals surface area contributed by atoms with Gasteiger partial charge >= 0.3 is 0 Å². The van der Waals surface area contributed by atoms with E-state index in [4.69, 9.17) is 15.5 Å². The maximum atomic E-state index is 5.78. The fraction of sp³-hybridized carbons (Fsp3) is 0.538. The van der Waals surface area contributed by atoms with Gasteiger partial charge < -0.3 is 9.57 Å². The van der Waals surface area contributed by atoms with Crippen LogP contribution in [0.15, 0.2) is 24.3 Å². The Morgan fingerprint density at radius 1 is 1.25 bits per heavy atom. The van der Waals surface area contributed by atoms with Gasteiger partial charge in [0.2, 0.25) is 0 Å². The van der Waals surface area contributed by atoms with Crippen molar-refractivity contribution in [3.63, 3.8) is 0 Å². The molecule has 0 aromatic heterocycles. The number of hydrogen-bond donors (Lipinski definition) is 1. The van der Waals surface area contributed by atoms with E-state index in [1.807, 2.05) is 32.0 Å². The van der Waals surface area contributed by atoms with Crippen LogP contribution in [0.1, 0.15) is 33.3 Å². The van der Waals surface area contributed by atoms with E-state index in [9.17, 15) is 0 Å². The molecule has 0 saturated carbocycles. The van der Waals surface area contributed by atoms with E-state index in [-0.39, 0.29) is 11.5 Å². The molecule has 0 saturated heterocycles. The first kappa shape index (κ1) is 13.0. The van der Waals surface area contributed by atoms with E-state index < -0.39 is 0 Å². The van der Waals surface area contributed by atoms with Crippen LogP contribution in [0.25, 0.3) is 0 Å². The van der Waals surface area contributed by atoms with Gasteiger partial charge in [0.15, 0.2) is 0 Å². The summed E-state index contributed by atoms with van der Waals surface area (Å²) < 4.78 is 5.78. The fourth-order valence-electron chi connectivity index (χ4n) is 1.67. The van der Waals surface area contributed by atoms with Crippen molar-refractivity contribution in [2.75, 3.05) is 6.61 Å². The zero-order valence-corrected chi connectivity index (χ0v) is 10.5. The van der Waals surface area contributed by atoms with Gasteiger partial charge in [-0.25, -0.2) is 5.90 Å². The van der Waals surface area contributed by atoms with Gasteiger partial charge in [-0.05, 0) is 19.9 Å². The zero-order valence-electron chi connectivity index (χ0n) is 10.5. The Hall–Kier alpha value is -1.06. The number of rotatable bonds is 5. The smallest absolute Gasteiger partial charge is 0.123 e. The molecule has 0 spiro atoms. The molecule has 0 fully saturated rings. The molecule has 0 aliphatic rings. The SMILES string of the molecule is CC(C)Oc1ccccc1C(C)(C)CON. The minimum absolute atomic E-state index is 0.153. The van der Waals surface area contributed by atoms with Gasteiger partial charge in [0.05, 0.1) is 12.7 Å². The summed E-state index contributed by atoms with van der Waals surface area (Å²) in [5.41, 5.74) is 0.967. The lowest BCUT2D eigenvalue weighted by molar-refractivity contribution is 0.0944. The monoisotopic (exact) mass is 223 g/mol. The van der Waals surface area contributed by atoms with E-state index in [0.717, 1.165) is 11.3 Å². The van der Waals surface area contributed by atoms with Crippen molar-refractivity contribution in [3.8, 4) is 5.75 Å². The predicted molar refractivity (Wildman–Crippen MR) is 65.4 cm³/mol. The molecule has 2 N–H and O–H groups in total. The number of nitrogens with two attached hydrogens (primary N) is 1. The average Bonchev–Trinajstić information content (AvgIpc) is 2.17. The number of hydrogen-bond acceptors (Lipinski definition) is 3. The Bertz CT molecular complexity index is 334. The Kier molecular flexibility index (Phi) is 4.33. The van der Waals surface area contributed by atoms with Crippen LogP contribution in [0.5, 0.6) is 5.75 Å². The Labute approximate surface area is 97.5 Å². The third-order valence-electron chi connectivity index (χ3n) is 2.42. The number of ether oxygens (including phenoxy) is 1. The standard InChI is InChI=1S/C13H21NO2/c1-10(2)16-12-8-6-5-7-11(12)13(3,4)9-15-14/h5-8,10H,9,14H2,1-4H3. The minimum atomic E-state index is -0.153. The molecular weight excluding hydrogens is 202 g/mol. The highest BCUT2D eigenvalue weighted by molar-refractivity contribution is 5.39. The van der Waals surface area contributed by atoms with E-state index in [2.05, 4.69) is 19.9 Å². The Morgan fingerprint density at radius 2 is 1.88 bits per heavy atom. The molecule has 0 atom stereocenters. The van der Waals surface area contributed by atoms with E-state index in [1.54, 1.807) is 0 Å². The van der Waals surface area contributed by atoms with Crippen molar-refractivity contribution >= 4 is 0 Å². The Morgan fingerprint density at radius 3 is 2.44 bits per heavy atom. The van der Waals surface area contributed by atoms with Crippen LogP contribution in [-0.4, -0.2) is 12.7 Å². The Balaban J connectivity index is 3.02. The molecule has 3 nitrogen and oxygen atoms in total. The van der Waals surface area contributed by atoms with Crippen molar-refractivity contribution in [2.45, 2.75) is 39.2 Å². The first-order chi connectivity index (χ1) is 7.47. The lowest BCUT2D eigenvalue weighted by atomic mass is 9.85. The summed E-state index contributed by atoms with van der Waals surface area (Å²) in [4.78, 5) is 4.77. The maximum Gasteiger partial charge on any atom is 0.123 e. The fourth-order valence-corrected chi connectivity index (χ4v) is 1.67. The molecule has 0 heterocycles. The normalized spacial score (nSPS) is 11.9. The van der Waals surface area contributed by atoms with Gasteiger partial charge in [-0.3, -0.25) is 0 Å². The molecule has 0 radical (unpaired) electrons. The second-order valence-corrected chi connectivity index (χ2v) is 4.86. The third-order valence-corrected chi connectivity index (χ3v) is 2.42. The lowest BCUT2D eigenvalue weighted by Crippen LogP contribution is -2.27. The second kappa shape index (κ2) is 5.32. The van der Waals surface area contributed by atoms with Gasteiger partial charge in [0.1, 0.15) is 5.75 Å². The lowest BCUT2D eigenvalue weighted by Gasteiger charge is -2.27. The first-order valence-corrected chi connectivity index (χ1v) is 5.55. The van der Waals surface area contributed by atoms with Crippen molar-refractivity contribution in [1.29, 1.82) is 0 Å². The first-order valence-electron chi connectivity index (χ1n) is 5.55. The molecule has 0 aliphatic carbocycles. The van der Waals surface area contributed by atoms with Gasteiger partial charge in [-0.2, -0.15) is 0 Å². The van der Waals surface area contributed by atoms with E-state index in [0.29, 0.717) is 6.61 Å². The maximum absolute atomic E-state index is 5.78. The van der Waals surface area contributed by atoms with Gasteiger partial charge in [-0.15, -0.1) is 0 Å². The molecule has 1 rings (SSSR count). The summed E-state index contributed by atoms with van der Waals surface area (Å²) in [6, 6.07) is 8.01. The predicted octanol–water partition coefficient (Wildman–Crippen LogP) is 2.64. The molecule has 16 heavy (non-hydrogen) atoms. The molecule has 1 aromatic rings. The highest BCUT2D eigenvalue weighted by Gasteiger charge is 2.24. The summed E-state index contributed by atoms with van der Waals surface area (Å²) in [6.45, 7) is 8.67. The van der Waals surface area contributed by atoms with E-state index >= 15 is 0 Å². The molecule has 0 aliphatic heterocycles. The molecule has 1 aromatic carbocycles. The summed E-state index contributed by atoms with van der Waals surface area (Å²) in [5, 5.41) is 0. The van der Waals surface area contributed by atoms with Crippen LogP contribution in [-0.2, 0) is 10.3 Å². The van der Waals surface area contributed by atoms with E-state index in [1.165, 1.54) is 0 Å². The molecule has 90 valence electrons. The molecular formula is C13H21NO2. The third kappa shape index (κ3) is 3.22. The highest BCUT2D eigenvalue weighted by Crippen LogP contribution is 2.32. The molecule has 3 heteroatoms. The van der Waals surface area contributed by atoms with Crippen molar-refractivity contribution in [1.82, 2.24) is 0 Å². The van der Waals surface area contributed by atoms with Crippen LogP contribution in [0.2, 0.25) is 0 Å². The highest BCUT2D eigenvalue weighted by atomic mass is 16.6. The zero-order chi connectivity index (χ0) is 12.2. The summed E-state index contributed by atoms with van der Waals surface area (Å²) >= 11 is 0. The average molecular weight is 223 g/mol. The van der Waals surface area contributed by atoms with Crippen molar-refractivity contribution in [3.05, 3.63) is 29.8 Å². The van der Waals surface area contributed by atoms with Gasteiger partial charge in [0.25, 0.3) is 0 Å². The van der Waals surface area contributed by atoms with Crippen molar-refractivity contribution < 1.29 is 9.57 Å². The topological polar surface area (TPSA) is 44.5 Å². The van der Waals surface area contributed by atoms with Gasteiger partial charge in [0, 0.05) is 11.0 Å². The van der Waals surface area contributed by atoms with Crippen LogP contribution >= 0.6 is 0 Å². The summed E-state index contributed by atoms with van der Waals surface area (Å²) in [7, 11) is 0. The van der Waals surface area contributed by atoms with Gasteiger partial charge in [-0.1, -0.05) is 32.0 Å². The molecule has 0 amide bonds. The summed E-state index contributed by atoms with van der Waals surface area (Å²) in [5.74, 6) is 6.06. The van der Waals surface area contributed by atoms with Crippen LogP contribution in [0, 0.1) is 0 Å². The van der Waals surface area contributed by atoms with Crippen LogP contribution in [0.3, 0.4) is 0 Å².